The van der Waals surface area contributed by atoms with Gasteiger partial charge in [-0.1, -0.05) is 6.92 Å². The molecule has 7 nitrogen and oxygen atoms in total. The molecule has 0 aliphatic carbocycles. The highest BCUT2D eigenvalue weighted by molar-refractivity contribution is 5.78. The largest absolute Gasteiger partial charge is 0.408 e. The number of hydrogen-bond acceptors (Lipinski definition) is 4. The Morgan fingerprint density at radius 1 is 1.29 bits per heavy atom. The average Bonchev–Trinajstić information content (AvgIpc) is 2.99. The predicted octanol–water partition coefficient (Wildman–Crippen LogP) is 0.506. The Labute approximate surface area is 143 Å². The molecule has 0 spiro atoms. The highest BCUT2D eigenvalue weighted by Crippen LogP contribution is 2.03. The topological polar surface area (TPSA) is 53.2 Å². The Morgan fingerprint density at radius 3 is 2.67 bits per heavy atom. The van der Waals surface area contributed by atoms with E-state index in [2.05, 4.69) is 49.5 Å². The summed E-state index contributed by atoms with van der Waals surface area (Å²) in [5.74, 6) is 0. The SMILES string of the molecule is CCCN1CC=C(NC)C=N1.CCn1cnc2c[n+](C)c[n+](C)c21. The summed E-state index contributed by atoms with van der Waals surface area (Å²) in [4.78, 5) is 4.33. The monoisotopic (exact) mass is 331 g/mol. The van der Waals surface area contributed by atoms with Crippen LogP contribution in [0.5, 0.6) is 0 Å². The highest BCUT2D eigenvalue weighted by Gasteiger charge is 2.16. The van der Waals surface area contributed by atoms with E-state index in [-0.39, 0.29) is 0 Å². The third-order valence-corrected chi connectivity index (χ3v) is 3.85. The molecule has 7 heteroatoms. The van der Waals surface area contributed by atoms with Crippen molar-refractivity contribution in [3.8, 4) is 0 Å². The molecule has 0 unspecified atom stereocenters. The van der Waals surface area contributed by atoms with Crippen LogP contribution in [0, 0.1) is 0 Å². The first-order chi connectivity index (χ1) is 11.6. The maximum atomic E-state index is 4.33. The zero-order chi connectivity index (χ0) is 17.5. The fourth-order valence-corrected chi connectivity index (χ4v) is 2.67. The maximum Gasteiger partial charge on any atom is 0.408 e. The number of nitrogens with one attached hydrogen (secondary N) is 1. The van der Waals surface area contributed by atoms with Crippen molar-refractivity contribution < 1.29 is 9.13 Å². The van der Waals surface area contributed by atoms with Gasteiger partial charge in [-0.05, 0) is 19.4 Å². The molecule has 0 amide bonds. The van der Waals surface area contributed by atoms with E-state index >= 15 is 0 Å². The van der Waals surface area contributed by atoms with Crippen LogP contribution in [0.1, 0.15) is 20.3 Å². The minimum absolute atomic E-state index is 0.931. The average molecular weight is 331 g/mol. The summed E-state index contributed by atoms with van der Waals surface area (Å²) in [6.07, 6.45) is 11.1. The summed E-state index contributed by atoms with van der Waals surface area (Å²) in [7, 11) is 5.95. The van der Waals surface area contributed by atoms with Crippen molar-refractivity contribution in [2.75, 3.05) is 20.1 Å². The van der Waals surface area contributed by atoms with Gasteiger partial charge in [0.15, 0.2) is 0 Å². The zero-order valence-corrected chi connectivity index (χ0v) is 15.4. The van der Waals surface area contributed by atoms with Crippen molar-refractivity contribution >= 4 is 17.4 Å². The summed E-state index contributed by atoms with van der Waals surface area (Å²) in [5, 5.41) is 9.36. The van der Waals surface area contributed by atoms with Gasteiger partial charge in [-0.2, -0.15) is 5.10 Å². The number of aryl methyl sites for hydroxylation is 3. The first kappa shape index (κ1) is 17.9. The van der Waals surface area contributed by atoms with Crippen molar-refractivity contribution in [3.63, 3.8) is 0 Å². The Bertz CT molecular complexity index is 730. The second kappa shape index (κ2) is 8.42. The van der Waals surface area contributed by atoms with E-state index in [0.29, 0.717) is 0 Å². The molecule has 2 aromatic rings. The van der Waals surface area contributed by atoms with Gasteiger partial charge in [-0.3, -0.25) is 9.58 Å². The molecule has 0 aromatic carbocycles. The fraction of sp³-hybridized carbons (Fsp3) is 0.529. The number of nitrogens with zero attached hydrogens (tertiary/aromatic N) is 6. The van der Waals surface area contributed by atoms with Crippen LogP contribution in [0.3, 0.4) is 0 Å². The van der Waals surface area contributed by atoms with Crippen LogP contribution >= 0.6 is 0 Å². The minimum Gasteiger partial charge on any atom is -0.387 e. The van der Waals surface area contributed by atoms with Crippen LogP contribution in [0.15, 0.2) is 35.7 Å². The summed E-state index contributed by atoms with van der Waals surface area (Å²) < 4.78 is 6.23. The number of hydrazone groups is 1. The summed E-state index contributed by atoms with van der Waals surface area (Å²) in [5.41, 5.74) is 3.31. The van der Waals surface area contributed by atoms with Crippen LogP contribution < -0.4 is 14.5 Å². The van der Waals surface area contributed by atoms with Gasteiger partial charge in [-0.25, -0.2) is 4.98 Å². The van der Waals surface area contributed by atoms with E-state index < -0.39 is 0 Å². The lowest BCUT2D eigenvalue weighted by Gasteiger charge is -2.20. The van der Waals surface area contributed by atoms with Crippen molar-refractivity contribution in [2.24, 2.45) is 19.2 Å². The summed E-state index contributed by atoms with van der Waals surface area (Å²) in [6, 6.07) is 0. The smallest absolute Gasteiger partial charge is 0.387 e. The lowest BCUT2D eigenvalue weighted by Crippen LogP contribution is -2.43. The lowest BCUT2D eigenvalue weighted by atomic mass is 10.3. The molecule has 0 fully saturated rings. The molecule has 24 heavy (non-hydrogen) atoms. The van der Waals surface area contributed by atoms with E-state index in [1.54, 1.807) is 0 Å². The first-order valence-corrected chi connectivity index (χ1v) is 8.45. The summed E-state index contributed by atoms with van der Waals surface area (Å²) in [6.45, 7) is 7.21. The molecule has 0 atom stereocenters. The van der Waals surface area contributed by atoms with E-state index in [1.807, 2.05) is 50.8 Å². The molecular formula is C17H29N7+2. The van der Waals surface area contributed by atoms with Crippen LogP contribution in [-0.4, -0.2) is 40.9 Å². The molecule has 2 aromatic heterocycles. The third kappa shape index (κ3) is 4.31. The number of rotatable bonds is 4. The normalized spacial score (nSPS) is 13.5. The van der Waals surface area contributed by atoms with Crippen LogP contribution in [0.25, 0.3) is 11.2 Å². The van der Waals surface area contributed by atoms with Crippen molar-refractivity contribution in [3.05, 3.63) is 30.6 Å². The van der Waals surface area contributed by atoms with E-state index in [9.17, 15) is 0 Å². The Morgan fingerprint density at radius 2 is 2.08 bits per heavy atom. The Kier molecular flexibility index (Phi) is 6.28. The fourth-order valence-electron chi connectivity index (χ4n) is 2.67. The Hall–Kier alpha value is -2.44. The molecule has 3 rings (SSSR count). The number of imidazole rings is 1. The van der Waals surface area contributed by atoms with Gasteiger partial charge in [0.25, 0.3) is 0 Å². The molecule has 0 saturated carbocycles. The van der Waals surface area contributed by atoms with E-state index in [4.69, 9.17) is 0 Å². The highest BCUT2D eigenvalue weighted by atomic mass is 15.4. The maximum absolute atomic E-state index is 4.33. The lowest BCUT2D eigenvalue weighted by molar-refractivity contribution is -0.792. The Balaban J connectivity index is 0.000000177. The third-order valence-electron chi connectivity index (χ3n) is 3.85. The number of aromatic nitrogens is 4. The molecule has 1 aliphatic rings. The molecule has 0 radical (unpaired) electrons. The van der Waals surface area contributed by atoms with Crippen LogP contribution in [0.2, 0.25) is 0 Å². The second-order valence-corrected chi connectivity index (χ2v) is 5.83. The molecule has 0 saturated heterocycles. The molecular weight excluding hydrogens is 302 g/mol. The van der Waals surface area contributed by atoms with Gasteiger partial charge >= 0.3 is 12.0 Å². The number of fused-ring (bicyclic) bond motifs is 1. The van der Waals surface area contributed by atoms with Gasteiger partial charge in [0.2, 0.25) is 11.7 Å². The van der Waals surface area contributed by atoms with Gasteiger partial charge in [-0.15, -0.1) is 9.13 Å². The van der Waals surface area contributed by atoms with Gasteiger partial charge in [0.1, 0.15) is 20.4 Å². The van der Waals surface area contributed by atoms with Crippen LogP contribution in [-0.2, 0) is 20.6 Å². The van der Waals surface area contributed by atoms with Gasteiger partial charge in [0.05, 0.1) is 18.5 Å². The van der Waals surface area contributed by atoms with Gasteiger partial charge < -0.3 is 5.32 Å². The van der Waals surface area contributed by atoms with Crippen molar-refractivity contribution in [1.82, 2.24) is 19.9 Å². The zero-order valence-electron chi connectivity index (χ0n) is 15.4. The first-order valence-electron chi connectivity index (χ1n) is 8.45. The van der Waals surface area contributed by atoms with E-state index in [1.165, 1.54) is 5.65 Å². The molecule has 0 bridgehead atoms. The molecule has 1 N–H and O–H groups in total. The second-order valence-electron chi connectivity index (χ2n) is 5.83. The standard InChI is InChI=1S/C9H14N4.C8H15N3/c1-4-13-6-10-8-5-11(2)7-12(3)9(8)13;1-3-5-11-6-4-8(9-2)7-10-11/h5-7H,4H2,1-3H3;4,7,9H,3,5-6H2,1-2H3/q+2;. The molecule has 130 valence electrons. The van der Waals surface area contributed by atoms with Crippen molar-refractivity contribution in [1.29, 1.82) is 0 Å². The van der Waals surface area contributed by atoms with E-state index in [0.717, 1.165) is 37.3 Å². The molecule has 1 aliphatic heterocycles. The quantitative estimate of drug-likeness (QED) is 0.831. The predicted molar refractivity (Wildman–Crippen MR) is 95.3 cm³/mol. The minimum atomic E-state index is 0.931. The molecule has 3 heterocycles. The van der Waals surface area contributed by atoms with Crippen LogP contribution in [0.4, 0.5) is 0 Å². The van der Waals surface area contributed by atoms with Gasteiger partial charge in [0, 0.05) is 20.1 Å². The number of allylic oxidation sites excluding steroid dienone is 1. The number of hydrogen-bond donors (Lipinski definition) is 1. The summed E-state index contributed by atoms with van der Waals surface area (Å²) >= 11 is 0. The van der Waals surface area contributed by atoms with Crippen molar-refractivity contribution in [2.45, 2.75) is 26.8 Å².